The summed E-state index contributed by atoms with van der Waals surface area (Å²) in [5, 5.41) is 9.14. The maximum absolute atomic E-state index is 12.4. The van der Waals surface area contributed by atoms with Crippen LogP contribution in [0.4, 0.5) is 5.13 Å². The van der Waals surface area contributed by atoms with E-state index in [4.69, 9.17) is 10.8 Å². The van der Waals surface area contributed by atoms with E-state index in [1.807, 2.05) is 0 Å². The summed E-state index contributed by atoms with van der Waals surface area (Å²) in [4.78, 5) is 29.5. The maximum atomic E-state index is 12.4. The molecule has 1 fully saturated rings. The molecule has 1 aromatic heterocycles. The summed E-state index contributed by atoms with van der Waals surface area (Å²) < 4.78 is 0. The van der Waals surface area contributed by atoms with Crippen LogP contribution >= 0.6 is 11.3 Å². The van der Waals surface area contributed by atoms with E-state index in [9.17, 15) is 9.59 Å². The third-order valence-electron chi connectivity index (χ3n) is 3.58. The van der Waals surface area contributed by atoms with Crippen LogP contribution in [0.2, 0.25) is 0 Å². The molecule has 1 aliphatic rings. The largest absolute Gasteiger partial charge is 0.481 e. The van der Waals surface area contributed by atoms with Crippen molar-refractivity contribution in [3.8, 4) is 0 Å². The van der Waals surface area contributed by atoms with E-state index in [1.54, 1.807) is 11.8 Å². The molecule has 1 aromatic rings. The summed E-state index contributed by atoms with van der Waals surface area (Å²) in [6.07, 6.45) is 2.70. The number of piperidine rings is 1. The van der Waals surface area contributed by atoms with Gasteiger partial charge in [0.25, 0.3) is 5.91 Å². The number of carbonyl (C=O) groups excluding carboxylic acids is 1. The van der Waals surface area contributed by atoms with Gasteiger partial charge in [-0.25, -0.2) is 4.98 Å². The molecule has 1 aliphatic heterocycles. The van der Waals surface area contributed by atoms with Gasteiger partial charge >= 0.3 is 5.97 Å². The van der Waals surface area contributed by atoms with Gasteiger partial charge in [0.2, 0.25) is 0 Å². The molecule has 2 rings (SSSR count). The number of carboxylic acid groups (broad SMARTS) is 1. The number of hydrogen-bond donors (Lipinski definition) is 2. The van der Waals surface area contributed by atoms with Crippen LogP contribution in [0.5, 0.6) is 0 Å². The Morgan fingerprint density at radius 3 is 2.90 bits per heavy atom. The number of nitrogens with zero attached hydrogens (tertiary/aromatic N) is 2. The zero-order valence-electron chi connectivity index (χ0n) is 11.5. The molecule has 6 nitrogen and oxygen atoms in total. The molecule has 7 heteroatoms. The fourth-order valence-corrected chi connectivity index (χ4v) is 3.37. The second-order valence-electron chi connectivity index (χ2n) is 5.16. The van der Waals surface area contributed by atoms with Crippen LogP contribution in [0.15, 0.2) is 0 Å². The Labute approximate surface area is 121 Å². The number of rotatable bonds is 4. The first kappa shape index (κ1) is 14.8. The number of aryl methyl sites for hydroxylation is 1. The Kier molecular flexibility index (Phi) is 4.59. The van der Waals surface area contributed by atoms with E-state index in [-0.39, 0.29) is 18.2 Å². The lowest BCUT2D eigenvalue weighted by Gasteiger charge is -2.32. The molecule has 110 valence electrons. The molecule has 0 aliphatic carbocycles. The Morgan fingerprint density at radius 2 is 2.30 bits per heavy atom. The second-order valence-corrected chi connectivity index (χ2v) is 6.19. The van der Waals surface area contributed by atoms with Crippen molar-refractivity contribution in [1.82, 2.24) is 9.88 Å². The number of thiazole rings is 1. The lowest BCUT2D eigenvalue weighted by atomic mass is 9.93. The number of hydrogen-bond acceptors (Lipinski definition) is 5. The van der Waals surface area contributed by atoms with Gasteiger partial charge in [-0.1, -0.05) is 11.3 Å². The van der Waals surface area contributed by atoms with Crippen molar-refractivity contribution in [2.75, 3.05) is 18.8 Å². The number of aliphatic carboxylic acids is 1. The van der Waals surface area contributed by atoms with Crippen molar-refractivity contribution in [2.45, 2.75) is 32.6 Å². The lowest BCUT2D eigenvalue weighted by Crippen LogP contribution is -2.40. The van der Waals surface area contributed by atoms with Crippen LogP contribution in [0.1, 0.15) is 41.0 Å². The number of amides is 1. The predicted octanol–water partition coefficient (Wildman–Crippen LogP) is 1.75. The van der Waals surface area contributed by atoms with Gasteiger partial charge < -0.3 is 15.7 Å². The molecular formula is C13H19N3O3S. The van der Waals surface area contributed by atoms with E-state index in [2.05, 4.69) is 4.98 Å². The predicted molar refractivity (Wildman–Crippen MR) is 76.8 cm³/mol. The molecule has 3 N–H and O–H groups in total. The Morgan fingerprint density at radius 1 is 1.55 bits per heavy atom. The summed E-state index contributed by atoms with van der Waals surface area (Å²) in [7, 11) is 0. The van der Waals surface area contributed by atoms with Gasteiger partial charge in [-0.15, -0.1) is 0 Å². The van der Waals surface area contributed by atoms with Crippen LogP contribution in [0, 0.1) is 12.8 Å². The van der Waals surface area contributed by atoms with Gasteiger partial charge in [0.15, 0.2) is 5.13 Å². The monoisotopic (exact) mass is 297 g/mol. The van der Waals surface area contributed by atoms with E-state index in [0.29, 0.717) is 28.7 Å². The first-order chi connectivity index (χ1) is 9.47. The van der Waals surface area contributed by atoms with E-state index in [1.165, 1.54) is 11.3 Å². The highest BCUT2D eigenvalue weighted by Gasteiger charge is 2.27. The molecule has 1 unspecified atom stereocenters. The van der Waals surface area contributed by atoms with Crippen LogP contribution in [0.3, 0.4) is 0 Å². The second kappa shape index (κ2) is 6.21. The standard InChI is InChI=1S/C13H19N3O3S/c1-8-11(20-13(14)15-8)12(19)16-6-2-3-9(7-16)4-5-10(17)18/h9H,2-7H2,1H3,(H2,14,15)(H,17,18). The first-order valence-corrected chi connectivity index (χ1v) is 7.53. The molecule has 0 aromatic carbocycles. The van der Waals surface area contributed by atoms with E-state index in [0.717, 1.165) is 19.4 Å². The highest BCUT2D eigenvalue weighted by Crippen LogP contribution is 2.26. The fourth-order valence-electron chi connectivity index (χ4n) is 2.57. The number of nitrogen functional groups attached to an aromatic ring is 1. The third kappa shape index (κ3) is 3.47. The van der Waals surface area contributed by atoms with Gasteiger partial charge in [0.05, 0.1) is 5.69 Å². The number of nitrogens with two attached hydrogens (primary N) is 1. The fraction of sp³-hybridized carbons (Fsp3) is 0.615. The SMILES string of the molecule is Cc1nc(N)sc1C(=O)N1CCCC(CCC(=O)O)C1. The minimum Gasteiger partial charge on any atom is -0.481 e. The summed E-state index contributed by atoms with van der Waals surface area (Å²) in [5.41, 5.74) is 6.30. The molecule has 0 saturated carbocycles. The zero-order chi connectivity index (χ0) is 14.7. The molecule has 0 spiro atoms. The van der Waals surface area contributed by atoms with E-state index < -0.39 is 5.97 Å². The molecule has 1 saturated heterocycles. The maximum Gasteiger partial charge on any atom is 0.303 e. The smallest absolute Gasteiger partial charge is 0.303 e. The van der Waals surface area contributed by atoms with Crippen molar-refractivity contribution >= 4 is 28.3 Å². The number of carboxylic acids is 1. The van der Waals surface area contributed by atoms with Crippen molar-refractivity contribution < 1.29 is 14.7 Å². The van der Waals surface area contributed by atoms with Crippen LogP contribution in [-0.2, 0) is 4.79 Å². The average molecular weight is 297 g/mol. The van der Waals surface area contributed by atoms with Gasteiger partial charge in [-0.3, -0.25) is 9.59 Å². The molecule has 20 heavy (non-hydrogen) atoms. The normalized spacial score (nSPS) is 19.1. The van der Waals surface area contributed by atoms with E-state index >= 15 is 0 Å². The lowest BCUT2D eigenvalue weighted by molar-refractivity contribution is -0.137. The number of carbonyl (C=O) groups is 2. The number of aromatic nitrogens is 1. The summed E-state index contributed by atoms with van der Waals surface area (Å²) in [5.74, 6) is -0.536. The Hall–Kier alpha value is -1.63. The molecule has 2 heterocycles. The van der Waals surface area contributed by atoms with Crippen LogP contribution in [-0.4, -0.2) is 40.0 Å². The molecule has 0 bridgehead atoms. The van der Waals surface area contributed by atoms with Gasteiger partial charge in [0, 0.05) is 19.5 Å². The average Bonchev–Trinajstić information content (AvgIpc) is 2.75. The quantitative estimate of drug-likeness (QED) is 0.882. The molecule has 0 radical (unpaired) electrons. The van der Waals surface area contributed by atoms with Gasteiger partial charge in [-0.05, 0) is 32.1 Å². The Bertz CT molecular complexity index is 515. The highest BCUT2D eigenvalue weighted by atomic mass is 32.1. The van der Waals surface area contributed by atoms with Crippen molar-refractivity contribution in [1.29, 1.82) is 0 Å². The minimum absolute atomic E-state index is 0.0308. The van der Waals surface area contributed by atoms with Crippen molar-refractivity contribution in [3.05, 3.63) is 10.6 Å². The molecule has 1 atom stereocenters. The summed E-state index contributed by atoms with van der Waals surface area (Å²) in [6.45, 7) is 3.13. The topological polar surface area (TPSA) is 96.5 Å². The highest BCUT2D eigenvalue weighted by molar-refractivity contribution is 7.17. The molecular weight excluding hydrogens is 278 g/mol. The molecule has 1 amide bonds. The van der Waals surface area contributed by atoms with Crippen LogP contribution in [0.25, 0.3) is 0 Å². The van der Waals surface area contributed by atoms with Gasteiger partial charge in [0.1, 0.15) is 4.88 Å². The van der Waals surface area contributed by atoms with Gasteiger partial charge in [-0.2, -0.15) is 0 Å². The minimum atomic E-state index is -0.778. The van der Waals surface area contributed by atoms with Crippen molar-refractivity contribution in [3.63, 3.8) is 0 Å². The number of anilines is 1. The van der Waals surface area contributed by atoms with Crippen LogP contribution < -0.4 is 5.73 Å². The zero-order valence-corrected chi connectivity index (χ0v) is 12.3. The first-order valence-electron chi connectivity index (χ1n) is 6.71. The van der Waals surface area contributed by atoms with Crippen molar-refractivity contribution in [2.24, 2.45) is 5.92 Å². The third-order valence-corrected chi connectivity index (χ3v) is 4.55. The number of likely N-dealkylation sites (tertiary alicyclic amines) is 1. The summed E-state index contributed by atoms with van der Waals surface area (Å²) >= 11 is 1.22. The summed E-state index contributed by atoms with van der Waals surface area (Å²) in [6, 6.07) is 0. The Balaban J connectivity index is 1.99.